The summed E-state index contributed by atoms with van der Waals surface area (Å²) in [4.78, 5) is 36.4. The lowest BCUT2D eigenvalue weighted by Crippen LogP contribution is -2.54. The van der Waals surface area contributed by atoms with E-state index in [1.807, 2.05) is 13.8 Å². The Morgan fingerprint density at radius 1 is 1.26 bits per heavy atom. The number of carbonyl (C=O) groups is 3. The van der Waals surface area contributed by atoms with Gasteiger partial charge in [-0.15, -0.1) is 0 Å². The van der Waals surface area contributed by atoms with E-state index < -0.39 is 24.0 Å². The van der Waals surface area contributed by atoms with Gasteiger partial charge < -0.3 is 32.1 Å². The fraction of sp³-hybridized carbons (Fsp3) is 0.765. The standard InChI is InChI=1S/C17H32N6O4/c1-10(2)9-13(23-14(24)11-5-3-7-20-11)15(25)22-12(16(26)27)6-4-8-21-17(18)19/h10-13,20H,3-9H2,1-2H3,(H,22,25)(H,23,24)(H,26,27)(H4,18,19,21)/t11-,12-,13-/m0/s1. The van der Waals surface area contributed by atoms with Gasteiger partial charge in [0.25, 0.3) is 0 Å². The molecule has 2 amide bonds. The van der Waals surface area contributed by atoms with Crippen LogP contribution in [0.25, 0.3) is 0 Å². The van der Waals surface area contributed by atoms with Gasteiger partial charge in [-0.3, -0.25) is 15.0 Å². The first kappa shape index (κ1) is 22.7. The Morgan fingerprint density at radius 2 is 1.96 bits per heavy atom. The van der Waals surface area contributed by atoms with Gasteiger partial charge in [0.1, 0.15) is 12.1 Å². The van der Waals surface area contributed by atoms with Crippen molar-refractivity contribution in [1.29, 1.82) is 5.41 Å². The fourth-order valence-electron chi connectivity index (χ4n) is 2.94. The van der Waals surface area contributed by atoms with Crippen molar-refractivity contribution in [2.75, 3.05) is 13.1 Å². The van der Waals surface area contributed by atoms with Crippen molar-refractivity contribution < 1.29 is 19.5 Å². The Labute approximate surface area is 159 Å². The van der Waals surface area contributed by atoms with E-state index in [-0.39, 0.29) is 30.2 Å². The van der Waals surface area contributed by atoms with E-state index in [1.165, 1.54) is 0 Å². The summed E-state index contributed by atoms with van der Waals surface area (Å²) in [7, 11) is 0. The second-order valence-electron chi connectivity index (χ2n) is 7.22. The molecule has 0 unspecified atom stereocenters. The third-order valence-electron chi connectivity index (χ3n) is 4.32. The van der Waals surface area contributed by atoms with E-state index in [2.05, 4.69) is 21.3 Å². The third-order valence-corrected chi connectivity index (χ3v) is 4.32. The molecule has 27 heavy (non-hydrogen) atoms. The zero-order valence-corrected chi connectivity index (χ0v) is 16.0. The van der Waals surface area contributed by atoms with Crippen LogP contribution in [-0.4, -0.2) is 60.1 Å². The minimum Gasteiger partial charge on any atom is -0.480 e. The lowest BCUT2D eigenvalue weighted by molar-refractivity contribution is -0.142. The highest BCUT2D eigenvalue weighted by Gasteiger charge is 2.30. The van der Waals surface area contributed by atoms with Gasteiger partial charge in [-0.2, -0.15) is 0 Å². The maximum Gasteiger partial charge on any atom is 0.326 e. The number of aliphatic carboxylic acids is 1. The second kappa shape index (κ2) is 11.4. The lowest BCUT2D eigenvalue weighted by Gasteiger charge is -2.24. The summed E-state index contributed by atoms with van der Waals surface area (Å²) in [5, 5.41) is 27.4. The molecule has 1 heterocycles. The molecule has 0 aromatic carbocycles. The normalized spacial score (nSPS) is 18.6. The molecule has 0 aromatic heterocycles. The summed E-state index contributed by atoms with van der Waals surface area (Å²) < 4.78 is 0. The van der Waals surface area contributed by atoms with Crippen molar-refractivity contribution in [1.82, 2.24) is 21.3 Å². The average molecular weight is 384 g/mol. The van der Waals surface area contributed by atoms with Gasteiger partial charge in [0.05, 0.1) is 6.04 Å². The SMILES string of the molecule is CC(C)C[C@H](NC(=O)[C@@H]1CCCN1)C(=O)N[C@@H](CCCNC(=N)N)C(=O)O. The molecular weight excluding hydrogens is 352 g/mol. The molecule has 1 aliphatic heterocycles. The average Bonchev–Trinajstić information content (AvgIpc) is 3.10. The van der Waals surface area contributed by atoms with Crippen molar-refractivity contribution in [2.45, 2.75) is 64.1 Å². The number of hydrogen-bond donors (Lipinski definition) is 7. The van der Waals surface area contributed by atoms with E-state index >= 15 is 0 Å². The summed E-state index contributed by atoms with van der Waals surface area (Å²) in [6.45, 7) is 4.98. The van der Waals surface area contributed by atoms with Crippen molar-refractivity contribution in [3.8, 4) is 0 Å². The van der Waals surface area contributed by atoms with Crippen molar-refractivity contribution in [3.63, 3.8) is 0 Å². The molecular formula is C17H32N6O4. The fourth-order valence-corrected chi connectivity index (χ4v) is 2.94. The van der Waals surface area contributed by atoms with Crippen LogP contribution in [0.4, 0.5) is 0 Å². The second-order valence-corrected chi connectivity index (χ2v) is 7.22. The van der Waals surface area contributed by atoms with E-state index in [0.717, 1.165) is 19.4 Å². The number of hydrogen-bond acceptors (Lipinski definition) is 5. The smallest absolute Gasteiger partial charge is 0.326 e. The quantitative estimate of drug-likeness (QED) is 0.137. The third kappa shape index (κ3) is 8.72. The highest BCUT2D eigenvalue weighted by molar-refractivity contribution is 5.91. The van der Waals surface area contributed by atoms with Crippen LogP contribution in [0.3, 0.4) is 0 Å². The Kier molecular flexibility index (Phi) is 9.55. The van der Waals surface area contributed by atoms with Crippen LogP contribution >= 0.6 is 0 Å². The summed E-state index contributed by atoms with van der Waals surface area (Å²) >= 11 is 0. The Balaban J connectivity index is 2.63. The molecule has 1 fully saturated rings. The molecule has 0 bridgehead atoms. The number of nitrogens with one attached hydrogen (secondary N) is 5. The molecule has 10 heteroatoms. The summed E-state index contributed by atoms with van der Waals surface area (Å²) in [6.07, 6.45) is 2.66. The highest BCUT2D eigenvalue weighted by Crippen LogP contribution is 2.09. The predicted octanol–water partition coefficient (Wildman–Crippen LogP) is -0.898. The maximum atomic E-state index is 12.6. The molecule has 1 aliphatic rings. The summed E-state index contributed by atoms with van der Waals surface area (Å²) in [6, 6.07) is -2.15. The van der Waals surface area contributed by atoms with Crippen LogP contribution in [0.2, 0.25) is 0 Å². The van der Waals surface area contributed by atoms with E-state index in [4.69, 9.17) is 11.1 Å². The molecule has 0 radical (unpaired) electrons. The predicted molar refractivity (Wildman–Crippen MR) is 101 cm³/mol. The van der Waals surface area contributed by atoms with E-state index in [1.54, 1.807) is 0 Å². The minimum atomic E-state index is -1.14. The first-order chi connectivity index (χ1) is 12.7. The zero-order valence-electron chi connectivity index (χ0n) is 16.0. The van der Waals surface area contributed by atoms with Gasteiger partial charge in [0.2, 0.25) is 11.8 Å². The summed E-state index contributed by atoms with van der Waals surface area (Å²) in [5.74, 6) is -1.90. The Bertz CT molecular complexity index is 534. The van der Waals surface area contributed by atoms with Gasteiger partial charge in [-0.05, 0) is 44.6 Å². The zero-order chi connectivity index (χ0) is 20.4. The number of carbonyl (C=O) groups excluding carboxylic acids is 2. The van der Waals surface area contributed by atoms with Gasteiger partial charge >= 0.3 is 5.97 Å². The number of carboxylic acids is 1. The molecule has 0 aromatic rings. The van der Waals surface area contributed by atoms with Gasteiger partial charge in [0, 0.05) is 6.54 Å². The molecule has 3 atom stereocenters. The van der Waals surface area contributed by atoms with Crippen molar-refractivity contribution in [3.05, 3.63) is 0 Å². The van der Waals surface area contributed by atoms with Gasteiger partial charge in [-0.25, -0.2) is 4.79 Å². The van der Waals surface area contributed by atoms with Crippen molar-refractivity contribution in [2.24, 2.45) is 11.7 Å². The Morgan fingerprint density at radius 3 is 2.48 bits per heavy atom. The topological polar surface area (TPSA) is 169 Å². The van der Waals surface area contributed by atoms with Gasteiger partial charge in [0.15, 0.2) is 5.96 Å². The van der Waals surface area contributed by atoms with Crippen LogP contribution in [0.15, 0.2) is 0 Å². The molecule has 0 saturated carbocycles. The molecule has 0 aliphatic carbocycles. The monoisotopic (exact) mass is 384 g/mol. The van der Waals surface area contributed by atoms with Crippen LogP contribution in [0, 0.1) is 11.3 Å². The van der Waals surface area contributed by atoms with E-state index in [0.29, 0.717) is 19.4 Å². The van der Waals surface area contributed by atoms with E-state index in [9.17, 15) is 19.5 Å². The first-order valence-electron chi connectivity index (χ1n) is 9.35. The maximum absolute atomic E-state index is 12.6. The highest BCUT2D eigenvalue weighted by atomic mass is 16.4. The number of carboxylic acid groups (broad SMARTS) is 1. The molecule has 154 valence electrons. The van der Waals surface area contributed by atoms with Crippen LogP contribution in [-0.2, 0) is 14.4 Å². The number of guanidine groups is 1. The van der Waals surface area contributed by atoms with Gasteiger partial charge in [-0.1, -0.05) is 13.8 Å². The molecule has 8 N–H and O–H groups in total. The molecule has 1 rings (SSSR count). The van der Waals surface area contributed by atoms with Crippen LogP contribution < -0.4 is 27.0 Å². The first-order valence-corrected chi connectivity index (χ1v) is 9.35. The largest absolute Gasteiger partial charge is 0.480 e. The lowest BCUT2D eigenvalue weighted by atomic mass is 10.0. The molecule has 10 nitrogen and oxygen atoms in total. The number of nitrogens with two attached hydrogens (primary N) is 1. The van der Waals surface area contributed by atoms with Crippen LogP contribution in [0.1, 0.15) is 46.0 Å². The Hall–Kier alpha value is -2.36. The van der Waals surface area contributed by atoms with Crippen LogP contribution in [0.5, 0.6) is 0 Å². The minimum absolute atomic E-state index is 0.153. The molecule has 0 spiro atoms. The van der Waals surface area contributed by atoms with Crippen molar-refractivity contribution >= 4 is 23.7 Å². The number of rotatable bonds is 11. The number of amides is 2. The summed E-state index contributed by atoms with van der Waals surface area (Å²) in [5.41, 5.74) is 5.17. The molecule has 1 saturated heterocycles.